The second-order valence-electron chi connectivity index (χ2n) is 6.29. The van der Waals surface area contributed by atoms with Crippen LogP contribution in [-0.2, 0) is 6.42 Å². The van der Waals surface area contributed by atoms with Gasteiger partial charge in [-0.1, -0.05) is 24.3 Å². The summed E-state index contributed by atoms with van der Waals surface area (Å²) in [6, 6.07) is 11.7. The molecule has 0 bridgehead atoms. The number of fused-ring (bicyclic) bond motifs is 1. The van der Waals surface area contributed by atoms with Crippen molar-refractivity contribution in [3.8, 4) is 11.5 Å². The van der Waals surface area contributed by atoms with Gasteiger partial charge in [0.15, 0.2) is 0 Å². The largest absolute Gasteiger partial charge is 0.497 e. The van der Waals surface area contributed by atoms with Gasteiger partial charge >= 0.3 is 6.03 Å². The van der Waals surface area contributed by atoms with E-state index in [-0.39, 0.29) is 12.1 Å². The summed E-state index contributed by atoms with van der Waals surface area (Å²) in [5.41, 5.74) is 4.54. The Kier molecular flexibility index (Phi) is 5.12. The van der Waals surface area contributed by atoms with E-state index >= 15 is 0 Å². The van der Waals surface area contributed by atoms with Gasteiger partial charge in [-0.25, -0.2) is 4.79 Å². The summed E-state index contributed by atoms with van der Waals surface area (Å²) >= 11 is 0. The molecular weight excluding hydrogens is 316 g/mol. The average Bonchev–Trinajstić information content (AvgIpc) is 3.02. The van der Waals surface area contributed by atoms with Crippen LogP contribution in [0.1, 0.15) is 28.3 Å². The number of aryl methyl sites for hydroxylation is 1. The highest BCUT2D eigenvalue weighted by Crippen LogP contribution is 2.36. The van der Waals surface area contributed by atoms with Gasteiger partial charge in [0.05, 0.1) is 13.2 Å². The van der Waals surface area contributed by atoms with Crippen LogP contribution in [0.2, 0.25) is 0 Å². The molecule has 0 saturated heterocycles. The Morgan fingerprint density at radius 3 is 2.68 bits per heavy atom. The van der Waals surface area contributed by atoms with E-state index in [0.717, 1.165) is 34.6 Å². The van der Waals surface area contributed by atoms with Crippen LogP contribution in [0.15, 0.2) is 36.4 Å². The standard InChI is InChI=1S/C20H24N2O3/c1-13-4-9-17-18(12-25-19(17)14(13)2)22-20(23)21-11-10-15-5-7-16(24-3)8-6-15/h4-9,18H,10-12H2,1-3H3,(H2,21,22,23). The number of carbonyl (C=O) groups is 1. The third-order valence-corrected chi connectivity index (χ3v) is 4.64. The normalized spacial score (nSPS) is 15.2. The molecule has 25 heavy (non-hydrogen) atoms. The minimum absolute atomic E-state index is 0.102. The minimum Gasteiger partial charge on any atom is -0.497 e. The number of amides is 2. The van der Waals surface area contributed by atoms with Crippen molar-refractivity contribution >= 4 is 6.03 Å². The van der Waals surface area contributed by atoms with Crippen LogP contribution in [0.3, 0.4) is 0 Å². The van der Waals surface area contributed by atoms with E-state index < -0.39 is 0 Å². The minimum atomic E-state index is -0.173. The van der Waals surface area contributed by atoms with Crippen LogP contribution in [0.25, 0.3) is 0 Å². The van der Waals surface area contributed by atoms with Crippen molar-refractivity contribution in [1.29, 1.82) is 0 Å². The topological polar surface area (TPSA) is 59.6 Å². The van der Waals surface area contributed by atoms with E-state index in [4.69, 9.17) is 9.47 Å². The molecule has 2 amide bonds. The number of hydrogen-bond donors (Lipinski definition) is 2. The monoisotopic (exact) mass is 340 g/mol. The molecule has 5 nitrogen and oxygen atoms in total. The van der Waals surface area contributed by atoms with Crippen LogP contribution in [0.4, 0.5) is 4.79 Å². The number of rotatable bonds is 5. The molecule has 0 radical (unpaired) electrons. The van der Waals surface area contributed by atoms with Crippen LogP contribution >= 0.6 is 0 Å². The van der Waals surface area contributed by atoms with Gasteiger partial charge in [0.1, 0.15) is 18.1 Å². The van der Waals surface area contributed by atoms with Crippen molar-refractivity contribution in [2.75, 3.05) is 20.3 Å². The van der Waals surface area contributed by atoms with Crippen LogP contribution in [0.5, 0.6) is 11.5 Å². The molecule has 132 valence electrons. The van der Waals surface area contributed by atoms with Gasteiger partial charge in [-0.15, -0.1) is 0 Å². The summed E-state index contributed by atoms with van der Waals surface area (Å²) < 4.78 is 10.9. The molecule has 5 heteroatoms. The van der Waals surface area contributed by atoms with Gasteiger partial charge in [-0.05, 0) is 49.1 Å². The number of urea groups is 1. The molecule has 0 spiro atoms. The molecule has 0 saturated carbocycles. The smallest absolute Gasteiger partial charge is 0.315 e. The lowest BCUT2D eigenvalue weighted by Gasteiger charge is -2.13. The summed E-state index contributed by atoms with van der Waals surface area (Å²) in [5.74, 6) is 1.74. The maximum absolute atomic E-state index is 12.2. The number of methoxy groups -OCH3 is 1. The number of hydrogen-bond acceptors (Lipinski definition) is 3. The van der Waals surface area contributed by atoms with Gasteiger partial charge in [0.2, 0.25) is 0 Å². The van der Waals surface area contributed by atoms with Crippen molar-refractivity contribution in [1.82, 2.24) is 10.6 Å². The molecule has 0 aliphatic carbocycles. The maximum atomic E-state index is 12.2. The van der Waals surface area contributed by atoms with E-state index in [0.29, 0.717) is 13.2 Å². The van der Waals surface area contributed by atoms with E-state index in [1.807, 2.05) is 37.3 Å². The number of nitrogens with one attached hydrogen (secondary N) is 2. The second kappa shape index (κ2) is 7.47. The van der Waals surface area contributed by atoms with Crippen molar-refractivity contribution in [3.05, 3.63) is 58.7 Å². The lowest BCUT2D eigenvalue weighted by atomic mass is 10.0. The molecule has 0 aromatic heterocycles. The summed E-state index contributed by atoms with van der Waals surface area (Å²) in [7, 11) is 1.65. The van der Waals surface area contributed by atoms with E-state index in [2.05, 4.69) is 23.6 Å². The fourth-order valence-electron chi connectivity index (χ4n) is 2.97. The lowest BCUT2D eigenvalue weighted by Crippen LogP contribution is -2.39. The quantitative estimate of drug-likeness (QED) is 0.878. The van der Waals surface area contributed by atoms with Gasteiger partial charge in [-0.2, -0.15) is 0 Å². The second-order valence-corrected chi connectivity index (χ2v) is 6.29. The molecule has 2 aromatic rings. The van der Waals surface area contributed by atoms with Crippen molar-refractivity contribution in [2.45, 2.75) is 26.3 Å². The van der Waals surface area contributed by atoms with E-state index in [1.54, 1.807) is 7.11 Å². The maximum Gasteiger partial charge on any atom is 0.315 e. The Morgan fingerprint density at radius 2 is 1.96 bits per heavy atom. The molecule has 1 atom stereocenters. The number of carbonyl (C=O) groups excluding carboxylic acids is 1. The predicted molar refractivity (Wildman–Crippen MR) is 97.4 cm³/mol. The highest BCUT2D eigenvalue weighted by molar-refractivity contribution is 5.75. The average molecular weight is 340 g/mol. The first-order valence-electron chi connectivity index (χ1n) is 8.48. The molecule has 1 aliphatic rings. The zero-order valence-electron chi connectivity index (χ0n) is 14.9. The Morgan fingerprint density at radius 1 is 1.20 bits per heavy atom. The van der Waals surface area contributed by atoms with E-state index in [1.165, 1.54) is 5.56 Å². The molecule has 1 aliphatic heterocycles. The third-order valence-electron chi connectivity index (χ3n) is 4.64. The van der Waals surface area contributed by atoms with Gasteiger partial charge in [-0.3, -0.25) is 0 Å². The summed E-state index contributed by atoms with van der Waals surface area (Å²) in [6.07, 6.45) is 0.771. The van der Waals surface area contributed by atoms with Crippen LogP contribution < -0.4 is 20.1 Å². The summed E-state index contributed by atoms with van der Waals surface area (Å²) in [4.78, 5) is 12.2. The zero-order chi connectivity index (χ0) is 17.8. The van der Waals surface area contributed by atoms with Crippen LogP contribution in [-0.4, -0.2) is 26.3 Å². The molecule has 1 unspecified atom stereocenters. The fraction of sp³-hybridized carbons (Fsp3) is 0.350. The first-order valence-corrected chi connectivity index (χ1v) is 8.48. The van der Waals surface area contributed by atoms with Gasteiger partial charge in [0.25, 0.3) is 0 Å². The highest BCUT2D eigenvalue weighted by atomic mass is 16.5. The van der Waals surface area contributed by atoms with Crippen molar-refractivity contribution < 1.29 is 14.3 Å². The molecule has 2 N–H and O–H groups in total. The van der Waals surface area contributed by atoms with Crippen LogP contribution in [0, 0.1) is 13.8 Å². The van der Waals surface area contributed by atoms with Gasteiger partial charge < -0.3 is 20.1 Å². The predicted octanol–water partition coefficient (Wildman–Crippen LogP) is 3.29. The summed E-state index contributed by atoms with van der Waals surface area (Å²) in [5, 5.41) is 5.90. The Labute approximate surface area is 148 Å². The van der Waals surface area contributed by atoms with Crippen molar-refractivity contribution in [2.24, 2.45) is 0 Å². The molecular formula is C20H24N2O3. The molecule has 1 heterocycles. The highest BCUT2D eigenvalue weighted by Gasteiger charge is 2.27. The number of ether oxygens (including phenoxy) is 2. The number of benzene rings is 2. The van der Waals surface area contributed by atoms with E-state index in [9.17, 15) is 4.79 Å². The first-order chi connectivity index (χ1) is 12.1. The summed E-state index contributed by atoms with van der Waals surface area (Å²) in [6.45, 7) is 5.16. The van der Waals surface area contributed by atoms with Gasteiger partial charge in [0, 0.05) is 12.1 Å². The molecule has 3 rings (SSSR count). The first kappa shape index (κ1) is 17.1. The fourth-order valence-corrected chi connectivity index (χ4v) is 2.97. The SMILES string of the molecule is COc1ccc(CCNC(=O)NC2COc3c2ccc(C)c3C)cc1. The Balaban J connectivity index is 1.50. The Bertz CT molecular complexity index is 756. The van der Waals surface area contributed by atoms with Crippen molar-refractivity contribution in [3.63, 3.8) is 0 Å². The Hall–Kier alpha value is -2.69. The molecule has 2 aromatic carbocycles. The lowest BCUT2D eigenvalue weighted by molar-refractivity contribution is 0.232. The molecule has 0 fully saturated rings. The zero-order valence-corrected chi connectivity index (χ0v) is 14.9. The third kappa shape index (κ3) is 3.87.